The molecule has 22 nitrogen and oxygen atoms in total. The number of hydrogen-bond donors (Lipinski definition) is 3. The van der Waals surface area contributed by atoms with Crippen LogP contribution in [0.25, 0.3) is 16.9 Å². The van der Waals surface area contributed by atoms with Gasteiger partial charge in [-0.05, 0) is 100 Å². The Labute approximate surface area is 535 Å². The fourth-order valence-electron chi connectivity index (χ4n) is 12.8. The molecule has 15 rings (SSSR count). The number of anilines is 9. The first-order valence-corrected chi connectivity index (χ1v) is 33.0. The van der Waals surface area contributed by atoms with Crippen molar-refractivity contribution < 1.29 is 18.5 Å². The van der Waals surface area contributed by atoms with Gasteiger partial charge < -0.3 is 68.4 Å². The van der Waals surface area contributed by atoms with E-state index in [9.17, 15) is 0 Å². The maximum atomic E-state index is 5.47. The van der Waals surface area contributed by atoms with Crippen LogP contribution in [0.15, 0.2) is 129 Å². The van der Waals surface area contributed by atoms with Crippen molar-refractivity contribution in [3.8, 4) is 0 Å². The van der Waals surface area contributed by atoms with Crippen molar-refractivity contribution in [2.24, 2.45) is 0 Å². The number of piperidine rings is 3. The van der Waals surface area contributed by atoms with Crippen molar-refractivity contribution in [3.63, 3.8) is 0 Å². The van der Waals surface area contributed by atoms with E-state index >= 15 is 0 Å². The molecule has 0 unspecified atom stereocenters. The second-order valence-corrected chi connectivity index (χ2v) is 23.3. The monoisotopic (exact) mass is 1230 g/mol. The average molecular weight is 1230 g/mol. The second-order valence-electron chi connectivity index (χ2n) is 23.3. The molecule has 6 aliphatic rings. The number of pyridine rings is 5. The molecule has 0 amide bonds. The van der Waals surface area contributed by atoms with Crippen LogP contribution in [-0.4, -0.2) is 185 Å². The van der Waals surface area contributed by atoms with Gasteiger partial charge in [0.25, 0.3) is 0 Å². The minimum Gasteiger partial charge on any atom is -0.378 e. The van der Waals surface area contributed by atoms with Crippen molar-refractivity contribution in [3.05, 3.63) is 140 Å². The molecule has 0 saturated carbocycles. The Morgan fingerprint density at radius 2 is 0.944 bits per heavy atom. The standard InChI is InChI=1S/2C22H28N6O.C20H25N7O.2C2H6.3H2/c1-17-14-28-16-20(4-5-22(28)24-17)27-8-2-3-18(15-27)25-21-13-19(6-7-23-21)26-9-11-29-12-10-26;1-17-13-22-24-6-8-28(22)16-20(17)27-7-2-3-18(15-27)25-21-14-19(4-5-23-21)26-9-11-29-12-10-26;1-3-16(15-26(7-1)18-14-23-27-8-2-5-22-20(18)27)24-19-13-17(4-6-21-19)25-9-11-28-12-10-25;2*1-2;;;/h4-7,13-14,16,18H,2-3,8-12,15H2,1H3,(H,23,25);4-6,8,13-14,16,18H,2-3,7,9-12,15H2,1H3,(H,23,25);2,4-6,8,13-14,16H,1,3,7,9-12,15H2,(H,21,24);2*1-2H3;3*1H/t2*18-;16-;;;;;/m111...../s1. The van der Waals surface area contributed by atoms with Crippen molar-refractivity contribution in [2.45, 2.75) is 98.2 Å². The molecule has 6 fully saturated rings. The summed E-state index contributed by atoms with van der Waals surface area (Å²) in [6.07, 6.45) is 28.6. The number of nitrogens with zero attached hydrogens (tertiary/aromatic N) is 16. The number of imidazole rings is 2. The molecule has 9 aromatic heterocycles. The molecule has 0 aromatic carbocycles. The van der Waals surface area contributed by atoms with Gasteiger partial charge in [-0.2, -0.15) is 5.10 Å². The first-order chi connectivity index (χ1) is 44.4. The average Bonchev–Trinajstić information content (AvgIpc) is 1.89. The zero-order valence-electron chi connectivity index (χ0n) is 53.7. The molecule has 3 N–H and O–H groups in total. The van der Waals surface area contributed by atoms with E-state index in [2.05, 4.69) is 169 Å². The van der Waals surface area contributed by atoms with Crippen LogP contribution >= 0.6 is 0 Å². The Morgan fingerprint density at radius 3 is 1.48 bits per heavy atom. The summed E-state index contributed by atoms with van der Waals surface area (Å²) in [7, 11) is 0. The van der Waals surface area contributed by atoms with Crippen LogP contribution in [0.4, 0.5) is 51.6 Å². The van der Waals surface area contributed by atoms with Gasteiger partial charge in [0.05, 0.1) is 62.9 Å². The summed E-state index contributed by atoms with van der Waals surface area (Å²) in [5.74, 6) is 2.86. The van der Waals surface area contributed by atoms with E-state index in [0.717, 1.165) is 190 Å². The molecule has 484 valence electrons. The maximum Gasteiger partial charge on any atom is 0.178 e. The van der Waals surface area contributed by atoms with Gasteiger partial charge in [0.15, 0.2) is 5.65 Å². The van der Waals surface area contributed by atoms with Crippen LogP contribution in [0, 0.1) is 13.8 Å². The highest BCUT2D eigenvalue weighted by Gasteiger charge is 2.26. The number of morpholine rings is 3. The molecule has 0 bridgehead atoms. The Morgan fingerprint density at radius 1 is 0.444 bits per heavy atom. The van der Waals surface area contributed by atoms with Crippen LogP contribution in [0.1, 0.15) is 81.8 Å². The normalized spacial score (nSPS) is 19.6. The fourth-order valence-corrected chi connectivity index (χ4v) is 12.8. The molecule has 6 aliphatic heterocycles. The van der Waals surface area contributed by atoms with Gasteiger partial charge in [-0.15, -0.1) is 0 Å². The smallest absolute Gasteiger partial charge is 0.178 e. The predicted octanol–water partition coefficient (Wildman–Crippen LogP) is 10.7. The highest BCUT2D eigenvalue weighted by atomic mass is 16.5. The van der Waals surface area contributed by atoms with Crippen LogP contribution in [0.5, 0.6) is 0 Å². The first-order valence-electron chi connectivity index (χ1n) is 33.0. The molecule has 3 atom stereocenters. The molecular formula is C68H99N19O3. The van der Waals surface area contributed by atoms with Gasteiger partial charge in [0.2, 0.25) is 0 Å². The number of hydrogen-bond acceptors (Lipinski definition) is 19. The minimum absolute atomic E-state index is 0. The molecule has 0 spiro atoms. The zero-order valence-corrected chi connectivity index (χ0v) is 53.7. The number of nitrogens with one attached hydrogen (secondary N) is 3. The van der Waals surface area contributed by atoms with E-state index in [1.54, 1.807) is 0 Å². The van der Waals surface area contributed by atoms with Crippen LogP contribution in [-0.2, 0) is 14.2 Å². The Hall–Kier alpha value is -8.47. The van der Waals surface area contributed by atoms with Gasteiger partial charge in [-0.1, -0.05) is 27.7 Å². The van der Waals surface area contributed by atoms with Gasteiger partial charge in [0.1, 0.15) is 34.4 Å². The molecule has 90 heavy (non-hydrogen) atoms. The summed E-state index contributed by atoms with van der Waals surface area (Å²) in [5, 5.41) is 15.4. The third-order valence-corrected chi connectivity index (χ3v) is 17.3. The van der Waals surface area contributed by atoms with Crippen LogP contribution in [0.2, 0.25) is 0 Å². The third-order valence-electron chi connectivity index (χ3n) is 17.3. The third kappa shape index (κ3) is 16.1. The lowest BCUT2D eigenvalue weighted by Crippen LogP contribution is -2.42. The van der Waals surface area contributed by atoms with E-state index < -0.39 is 0 Å². The SMILES string of the molecule is CC.CC.Cc1cc2nccn2cc1N1CCC[C@@H](Nc2cc(N3CCOCC3)ccn2)C1.Cc1cn2cc(N3CCC[C@@H](Nc4cc(N5CCOCC5)ccn4)C3)ccc2n1.[HH].[HH].[HH].c1cnc2c(N3CCC[C@@H](Nc4cc(N5CCOCC5)ccn4)C3)cnn2c1. The summed E-state index contributed by atoms with van der Waals surface area (Å²) < 4.78 is 22.5. The molecule has 0 aliphatic carbocycles. The van der Waals surface area contributed by atoms with E-state index in [4.69, 9.17) is 14.2 Å². The summed E-state index contributed by atoms with van der Waals surface area (Å²) >= 11 is 0. The molecule has 22 heteroatoms. The summed E-state index contributed by atoms with van der Waals surface area (Å²) in [6.45, 7) is 28.7. The molecule has 0 radical (unpaired) electrons. The Bertz CT molecular complexity index is 3670. The van der Waals surface area contributed by atoms with Gasteiger partial charge in [-0.25, -0.2) is 34.4 Å². The Kier molecular flexibility index (Phi) is 22.0. The first kappa shape index (κ1) is 63.1. The summed E-state index contributed by atoms with van der Waals surface area (Å²) in [4.78, 5) is 41.5. The lowest BCUT2D eigenvalue weighted by atomic mass is 10.0. The predicted molar refractivity (Wildman–Crippen MR) is 370 cm³/mol. The number of ether oxygens (including phenoxy) is 3. The maximum absolute atomic E-state index is 5.47. The van der Waals surface area contributed by atoms with Crippen molar-refractivity contribution in [1.29, 1.82) is 0 Å². The van der Waals surface area contributed by atoms with E-state index in [1.807, 2.05) is 94.8 Å². The zero-order chi connectivity index (χ0) is 62.0. The second kappa shape index (κ2) is 31.3. The highest BCUT2D eigenvalue weighted by molar-refractivity contribution is 5.68. The van der Waals surface area contributed by atoms with Crippen LogP contribution < -0.4 is 45.3 Å². The van der Waals surface area contributed by atoms with Crippen molar-refractivity contribution >= 4 is 68.5 Å². The number of aryl methyl sites for hydroxylation is 2. The molecule has 15 heterocycles. The number of rotatable bonds is 12. The van der Waals surface area contributed by atoms with Crippen molar-refractivity contribution in [1.82, 2.24) is 48.3 Å². The van der Waals surface area contributed by atoms with E-state index in [0.29, 0.717) is 18.1 Å². The lowest BCUT2D eigenvalue weighted by molar-refractivity contribution is 0.122. The van der Waals surface area contributed by atoms with Gasteiger partial charge >= 0.3 is 0 Å². The highest BCUT2D eigenvalue weighted by Crippen LogP contribution is 2.30. The van der Waals surface area contributed by atoms with E-state index in [-0.39, 0.29) is 4.28 Å². The van der Waals surface area contributed by atoms with E-state index in [1.165, 1.54) is 46.8 Å². The topological polar surface area (TPSA) is 187 Å². The lowest BCUT2D eigenvalue weighted by Gasteiger charge is -2.36. The molecule has 6 saturated heterocycles. The summed E-state index contributed by atoms with van der Waals surface area (Å²) in [6, 6.07) is 22.2. The fraction of sp³-hybridized carbons (Fsp3) is 0.485. The molecular weight excluding hydrogens is 1130 g/mol. The summed E-state index contributed by atoms with van der Waals surface area (Å²) in [5.41, 5.74) is 12.5. The number of fused-ring (bicyclic) bond motifs is 3. The van der Waals surface area contributed by atoms with Gasteiger partial charge in [-0.3, -0.25) is 0 Å². The largest absolute Gasteiger partial charge is 0.378 e. The quantitative estimate of drug-likeness (QED) is 0.105. The minimum atomic E-state index is 0. The Balaban J connectivity index is 0.000000172. The number of aromatic nitrogens is 10. The van der Waals surface area contributed by atoms with Gasteiger partial charge in [0, 0.05) is 198 Å². The van der Waals surface area contributed by atoms with Crippen molar-refractivity contribution in [2.75, 3.05) is 164 Å². The molecule has 9 aromatic rings. The van der Waals surface area contributed by atoms with Crippen LogP contribution in [0.3, 0.4) is 0 Å².